The van der Waals surface area contributed by atoms with Gasteiger partial charge in [0, 0.05) is 25.2 Å². The lowest BCUT2D eigenvalue weighted by atomic mass is 10.0. The summed E-state index contributed by atoms with van der Waals surface area (Å²) >= 11 is 0. The molecule has 1 unspecified atom stereocenters. The van der Waals surface area contributed by atoms with E-state index < -0.39 is 5.60 Å². The standard InChI is InChI=1S/C12H24N2O2/c1-9(2)13-8-10-6-7-14(10)11(15)16-12(3,4)5/h9-10,13H,6-8H2,1-5H3. The molecule has 0 aliphatic carbocycles. The smallest absolute Gasteiger partial charge is 0.410 e. The Morgan fingerprint density at radius 3 is 2.50 bits per heavy atom. The molecule has 0 spiro atoms. The van der Waals surface area contributed by atoms with Crippen LogP contribution in [0.15, 0.2) is 0 Å². The van der Waals surface area contributed by atoms with Gasteiger partial charge >= 0.3 is 6.09 Å². The molecule has 0 aromatic heterocycles. The van der Waals surface area contributed by atoms with Gasteiger partial charge in [-0.3, -0.25) is 0 Å². The van der Waals surface area contributed by atoms with Crippen LogP contribution in [0, 0.1) is 0 Å². The van der Waals surface area contributed by atoms with Crippen molar-refractivity contribution in [2.24, 2.45) is 0 Å². The van der Waals surface area contributed by atoms with E-state index in [2.05, 4.69) is 19.2 Å². The molecule has 1 saturated heterocycles. The summed E-state index contributed by atoms with van der Waals surface area (Å²) in [5.41, 5.74) is -0.400. The second kappa shape index (κ2) is 5.04. The molecule has 0 bridgehead atoms. The highest BCUT2D eigenvalue weighted by molar-refractivity contribution is 5.69. The van der Waals surface area contributed by atoms with Crippen LogP contribution in [0.2, 0.25) is 0 Å². The van der Waals surface area contributed by atoms with Crippen molar-refractivity contribution in [2.75, 3.05) is 13.1 Å². The molecule has 1 aliphatic heterocycles. The van der Waals surface area contributed by atoms with Gasteiger partial charge in [0.25, 0.3) is 0 Å². The summed E-state index contributed by atoms with van der Waals surface area (Å²) in [4.78, 5) is 13.6. The van der Waals surface area contributed by atoms with E-state index in [9.17, 15) is 4.79 Å². The van der Waals surface area contributed by atoms with Gasteiger partial charge in [-0.2, -0.15) is 0 Å². The predicted octanol–water partition coefficient (Wildman–Crippen LogP) is 1.99. The zero-order valence-corrected chi connectivity index (χ0v) is 11.0. The predicted molar refractivity (Wildman–Crippen MR) is 64.5 cm³/mol. The number of hydrogen-bond donors (Lipinski definition) is 1. The summed E-state index contributed by atoms with van der Waals surface area (Å²) < 4.78 is 5.34. The molecule has 1 rings (SSSR count). The Morgan fingerprint density at radius 1 is 1.50 bits per heavy atom. The van der Waals surface area contributed by atoms with Gasteiger partial charge in [-0.05, 0) is 27.2 Å². The van der Waals surface area contributed by atoms with Crippen LogP contribution in [0.4, 0.5) is 4.79 Å². The number of carbonyl (C=O) groups is 1. The van der Waals surface area contributed by atoms with E-state index in [0.717, 1.165) is 19.5 Å². The molecule has 94 valence electrons. The Kier molecular flexibility index (Phi) is 4.19. The first-order chi connectivity index (χ1) is 7.29. The first-order valence-corrected chi connectivity index (χ1v) is 6.02. The van der Waals surface area contributed by atoms with Crippen molar-refractivity contribution < 1.29 is 9.53 Å². The van der Waals surface area contributed by atoms with E-state index in [1.54, 1.807) is 4.90 Å². The Bertz CT molecular complexity index is 246. The zero-order valence-electron chi connectivity index (χ0n) is 11.0. The van der Waals surface area contributed by atoms with Gasteiger partial charge in [-0.25, -0.2) is 4.79 Å². The molecule has 1 heterocycles. The van der Waals surface area contributed by atoms with Gasteiger partial charge in [0.2, 0.25) is 0 Å². The van der Waals surface area contributed by atoms with Crippen LogP contribution in [-0.4, -0.2) is 41.8 Å². The fourth-order valence-corrected chi connectivity index (χ4v) is 1.59. The second-order valence-corrected chi connectivity index (χ2v) is 5.68. The monoisotopic (exact) mass is 228 g/mol. The largest absolute Gasteiger partial charge is 0.444 e. The number of rotatable bonds is 3. The molecule has 4 heteroatoms. The van der Waals surface area contributed by atoms with E-state index >= 15 is 0 Å². The van der Waals surface area contributed by atoms with Crippen LogP contribution >= 0.6 is 0 Å². The van der Waals surface area contributed by atoms with Gasteiger partial charge in [-0.1, -0.05) is 13.8 Å². The Labute approximate surface area is 98.3 Å². The lowest BCUT2D eigenvalue weighted by molar-refractivity contribution is -0.00519. The molecule has 0 aromatic rings. The van der Waals surface area contributed by atoms with E-state index in [-0.39, 0.29) is 6.09 Å². The van der Waals surface area contributed by atoms with Gasteiger partial charge in [0.1, 0.15) is 5.60 Å². The van der Waals surface area contributed by atoms with Gasteiger partial charge in [0.15, 0.2) is 0 Å². The number of hydrogen-bond acceptors (Lipinski definition) is 3. The topological polar surface area (TPSA) is 41.6 Å². The fourth-order valence-electron chi connectivity index (χ4n) is 1.59. The molecule has 1 N–H and O–H groups in total. The lowest BCUT2D eigenvalue weighted by Gasteiger charge is -2.41. The molecular weight excluding hydrogens is 204 g/mol. The molecule has 0 radical (unpaired) electrons. The third-order valence-electron chi connectivity index (χ3n) is 2.53. The van der Waals surface area contributed by atoms with Crippen molar-refractivity contribution in [3.63, 3.8) is 0 Å². The second-order valence-electron chi connectivity index (χ2n) is 5.68. The minimum atomic E-state index is -0.400. The van der Waals surface area contributed by atoms with Crippen LogP contribution in [0.3, 0.4) is 0 Å². The normalized spacial score (nSPS) is 20.9. The summed E-state index contributed by atoms with van der Waals surface area (Å²) in [5, 5.41) is 3.35. The summed E-state index contributed by atoms with van der Waals surface area (Å²) in [7, 11) is 0. The summed E-state index contributed by atoms with van der Waals surface area (Å²) in [5.74, 6) is 0. The lowest BCUT2D eigenvalue weighted by Crippen LogP contribution is -2.57. The van der Waals surface area contributed by atoms with Crippen molar-refractivity contribution >= 4 is 6.09 Å². The SMILES string of the molecule is CC(C)NCC1CCN1C(=O)OC(C)(C)C. The Morgan fingerprint density at radius 2 is 2.12 bits per heavy atom. The minimum absolute atomic E-state index is 0.186. The van der Waals surface area contributed by atoms with Crippen molar-refractivity contribution in [1.29, 1.82) is 0 Å². The highest BCUT2D eigenvalue weighted by Gasteiger charge is 2.34. The molecule has 16 heavy (non-hydrogen) atoms. The minimum Gasteiger partial charge on any atom is -0.444 e. The summed E-state index contributed by atoms with van der Waals surface area (Å²) in [6.07, 6.45) is 0.883. The van der Waals surface area contributed by atoms with Crippen molar-refractivity contribution in [2.45, 2.75) is 58.7 Å². The van der Waals surface area contributed by atoms with E-state index in [4.69, 9.17) is 4.74 Å². The third-order valence-corrected chi connectivity index (χ3v) is 2.53. The van der Waals surface area contributed by atoms with E-state index in [1.807, 2.05) is 20.8 Å². The number of carbonyl (C=O) groups excluding carboxylic acids is 1. The van der Waals surface area contributed by atoms with Gasteiger partial charge < -0.3 is 15.0 Å². The van der Waals surface area contributed by atoms with E-state index in [0.29, 0.717) is 12.1 Å². The van der Waals surface area contributed by atoms with Crippen LogP contribution in [0.1, 0.15) is 41.0 Å². The zero-order chi connectivity index (χ0) is 12.3. The molecule has 1 atom stereocenters. The van der Waals surface area contributed by atoms with Crippen molar-refractivity contribution in [3.8, 4) is 0 Å². The molecule has 0 aromatic carbocycles. The number of nitrogens with one attached hydrogen (secondary N) is 1. The van der Waals surface area contributed by atoms with E-state index in [1.165, 1.54) is 0 Å². The molecule has 1 fully saturated rings. The Hall–Kier alpha value is -0.770. The van der Waals surface area contributed by atoms with Crippen LogP contribution in [0.5, 0.6) is 0 Å². The molecular formula is C12H24N2O2. The molecule has 0 saturated carbocycles. The quantitative estimate of drug-likeness (QED) is 0.803. The van der Waals surface area contributed by atoms with Crippen LogP contribution in [-0.2, 0) is 4.74 Å². The first-order valence-electron chi connectivity index (χ1n) is 6.02. The number of nitrogens with zero attached hydrogens (tertiary/aromatic N) is 1. The van der Waals surface area contributed by atoms with Crippen LogP contribution in [0.25, 0.3) is 0 Å². The molecule has 1 aliphatic rings. The third kappa shape index (κ3) is 4.00. The molecule has 1 amide bonds. The van der Waals surface area contributed by atoms with Gasteiger partial charge in [0.05, 0.1) is 0 Å². The number of likely N-dealkylation sites (tertiary alicyclic amines) is 1. The molecule has 4 nitrogen and oxygen atoms in total. The van der Waals surface area contributed by atoms with Crippen LogP contribution < -0.4 is 5.32 Å². The maximum Gasteiger partial charge on any atom is 0.410 e. The highest BCUT2D eigenvalue weighted by Crippen LogP contribution is 2.20. The number of amides is 1. The Balaban J connectivity index is 2.34. The van der Waals surface area contributed by atoms with Gasteiger partial charge in [-0.15, -0.1) is 0 Å². The maximum absolute atomic E-state index is 11.8. The number of ether oxygens (including phenoxy) is 1. The average molecular weight is 228 g/mol. The first kappa shape index (κ1) is 13.3. The van der Waals surface area contributed by atoms with Crippen molar-refractivity contribution in [3.05, 3.63) is 0 Å². The highest BCUT2D eigenvalue weighted by atomic mass is 16.6. The summed E-state index contributed by atoms with van der Waals surface area (Å²) in [6, 6.07) is 0.762. The maximum atomic E-state index is 11.8. The fraction of sp³-hybridized carbons (Fsp3) is 0.917. The average Bonchev–Trinajstić information content (AvgIpc) is 1.96. The van der Waals surface area contributed by atoms with Crippen molar-refractivity contribution in [1.82, 2.24) is 10.2 Å². The summed E-state index contributed by atoms with van der Waals surface area (Å²) in [6.45, 7) is 11.6.